The number of hydrogen-bond acceptors (Lipinski definition) is 7. The number of carbonyl (C=O) groups is 3. The molecule has 0 saturated carbocycles. The third-order valence-corrected chi connectivity index (χ3v) is 12.9. The molecule has 2 aromatic heterocycles. The molecule has 5 aromatic rings. The lowest BCUT2D eigenvalue weighted by Crippen LogP contribution is -2.59. The van der Waals surface area contributed by atoms with Crippen LogP contribution >= 0.6 is 11.3 Å². The van der Waals surface area contributed by atoms with Crippen molar-refractivity contribution in [3.63, 3.8) is 0 Å². The highest BCUT2D eigenvalue weighted by Gasteiger charge is 2.45. The molecule has 0 atom stereocenters. The van der Waals surface area contributed by atoms with E-state index in [1.165, 1.54) is 17.4 Å². The summed E-state index contributed by atoms with van der Waals surface area (Å²) in [5.74, 6) is -0.0679. The zero-order valence-corrected chi connectivity index (χ0v) is 31.1. The van der Waals surface area contributed by atoms with E-state index in [0.717, 1.165) is 103 Å². The number of fused-ring (bicyclic) bond motifs is 4. The number of nitrogens with zero attached hydrogens (tertiary/aromatic N) is 3. The summed E-state index contributed by atoms with van der Waals surface area (Å²) in [6.07, 6.45) is 5.58. The number of thiophene rings is 1. The van der Waals surface area contributed by atoms with Gasteiger partial charge in [-0.15, -0.1) is 11.3 Å². The Morgan fingerprint density at radius 1 is 0.926 bits per heavy atom. The number of amides is 2. The number of carbonyl (C=O) groups excluding carboxylic acids is 3. The van der Waals surface area contributed by atoms with Gasteiger partial charge in [0.2, 0.25) is 0 Å². The average molecular weight is 741 g/mol. The Hall–Kier alpha value is -5.19. The van der Waals surface area contributed by atoms with Gasteiger partial charge in [-0.05, 0) is 116 Å². The quantitative estimate of drug-likeness (QED) is 0.169. The Kier molecular flexibility index (Phi) is 8.90. The van der Waals surface area contributed by atoms with Gasteiger partial charge in [0.05, 0.1) is 16.1 Å². The van der Waals surface area contributed by atoms with Crippen LogP contribution < -0.4 is 15.1 Å². The standard InChI is InChI=1S/C44H41FN4O4S/c1-27-6-4-9-35(45)33(27)24-38(50)39-23-30-16-19-49(37-11-3-2-8-32(37)40(30)54-39)43(52)28-12-14-31(15-13-28)46-42(51)34-22-29-7-5-10-36(29)47-41(34)48-25-44(26-48)17-20-53-21-18-44/h2-4,6,8-9,11-15,22-23H,5,7,10,16-21,24-26H2,1H3,(H,46,51). The maximum absolute atomic E-state index is 14.5. The monoisotopic (exact) mass is 740 g/mol. The molecule has 5 heterocycles. The Morgan fingerprint density at radius 3 is 2.52 bits per heavy atom. The minimum absolute atomic E-state index is 0.00123. The number of para-hydroxylation sites is 1. The number of rotatable bonds is 7. The van der Waals surface area contributed by atoms with Gasteiger partial charge in [0, 0.05) is 72.1 Å². The molecule has 9 rings (SSSR count). The fraction of sp³-hybridized carbons (Fsp3) is 0.318. The van der Waals surface area contributed by atoms with E-state index < -0.39 is 0 Å². The van der Waals surface area contributed by atoms with Crippen LogP contribution in [-0.4, -0.2) is 55.4 Å². The molecule has 4 aliphatic rings. The van der Waals surface area contributed by atoms with Crippen LogP contribution in [0.3, 0.4) is 0 Å². The fourth-order valence-corrected chi connectivity index (χ4v) is 9.72. The highest BCUT2D eigenvalue weighted by molar-refractivity contribution is 7.17. The van der Waals surface area contributed by atoms with Gasteiger partial charge in [-0.2, -0.15) is 0 Å². The first kappa shape index (κ1) is 34.6. The number of ether oxygens (including phenoxy) is 1. The number of halogens is 1. The number of Topliss-reactive ketones (excluding diaryl/α,β-unsaturated/α-hetero) is 1. The van der Waals surface area contributed by atoms with Gasteiger partial charge in [0.25, 0.3) is 11.8 Å². The molecule has 0 unspecified atom stereocenters. The average Bonchev–Trinajstić information content (AvgIpc) is 3.79. The van der Waals surface area contributed by atoms with Gasteiger partial charge in [-0.25, -0.2) is 9.37 Å². The normalized spacial score (nSPS) is 16.9. The summed E-state index contributed by atoms with van der Waals surface area (Å²) in [5, 5.41) is 3.08. The van der Waals surface area contributed by atoms with Crippen LogP contribution in [0.2, 0.25) is 0 Å². The predicted octanol–water partition coefficient (Wildman–Crippen LogP) is 8.24. The van der Waals surface area contributed by atoms with Crippen molar-refractivity contribution in [3.05, 3.63) is 129 Å². The molecule has 54 heavy (non-hydrogen) atoms. The first-order chi connectivity index (χ1) is 26.2. The van der Waals surface area contributed by atoms with Crippen LogP contribution in [0.4, 0.5) is 21.6 Å². The van der Waals surface area contributed by atoms with Crippen LogP contribution in [0, 0.1) is 18.2 Å². The van der Waals surface area contributed by atoms with E-state index in [1.54, 1.807) is 35.2 Å². The summed E-state index contributed by atoms with van der Waals surface area (Å²) in [5.41, 5.74) is 8.05. The van der Waals surface area contributed by atoms with Crippen molar-refractivity contribution in [2.24, 2.45) is 5.41 Å². The summed E-state index contributed by atoms with van der Waals surface area (Å²) in [6, 6.07) is 23.6. The summed E-state index contributed by atoms with van der Waals surface area (Å²) in [6.45, 7) is 5.61. The third-order valence-electron chi connectivity index (χ3n) is 11.6. The number of benzene rings is 3. The molecule has 3 aromatic carbocycles. The largest absolute Gasteiger partial charge is 0.381 e. The molecule has 3 aliphatic heterocycles. The lowest BCUT2D eigenvalue weighted by atomic mass is 9.73. The topological polar surface area (TPSA) is 91.8 Å². The molecule has 8 nitrogen and oxygen atoms in total. The van der Waals surface area contributed by atoms with Crippen molar-refractivity contribution >= 4 is 46.1 Å². The molecule has 2 saturated heterocycles. The van der Waals surface area contributed by atoms with E-state index in [0.29, 0.717) is 40.2 Å². The number of anilines is 3. The molecule has 274 valence electrons. The molecular weight excluding hydrogens is 700 g/mol. The van der Waals surface area contributed by atoms with Crippen LogP contribution in [0.15, 0.2) is 78.9 Å². The first-order valence-corrected chi connectivity index (χ1v) is 19.6. The van der Waals surface area contributed by atoms with Crippen molar-refractivity contribution in [1.82, 2.24) is 4.98 Å². The Bertz CT molecular complexity index is 2280. The van der Waals surface area contributed by atoms with Crippen molar-refractivity contribution in [2.45, 2.75) is 51.9 Å². The van der Waals surface area contributed by atoms with Crippen molar-refractivity contribution in [2.75, 3.05) is 48.0 Å². The summed E-state index contributed by atoms with van der Waals surface area (Å²) >= 11 is 1.40. The van der Waals surface area contributed by atoms with Crippen LogP contribution in [-0.2, 0) is 30.4 Å². The van der Waals surface area contributed by atoms with E-state index in [1.807, 2.05) is 49.4 Å². The third kappa shape index (κ3) is 6.31. The van der Waals surface area contributed by atoms with Gasteiger partial charge in [-0.3, -0.25) is 14.4 Å². The highest BCUT2D eigenvalue weighted by atomic mass is 32.1. The first-order valence-electron chi connectivity index (χ1n) is 18.8. The Morgan fingerprint density at radius 2 is 1.72 bits per heavy atom. The smallest absolute Gasteiger partial charge is 0.259 e. The van der Waals surface area contributed by atoms with E-state index in [-0.39, 0.29) is 35.3 Å². The minimum atomic E-state index is -0.368. The maximum Gasteiger partial charge on any atom is 0.259 e. The van der Waals surface area contributed by atoms with Gasteiger partial charge in [0.15, 0.2) is 5.78 Å². The summed E-state index contributed by atoms with van der Waals surface area (Å²) < 4.78 is 20.2. The van der Waals surface area contributed by atoms with Crippen molar-refractivity contribution in [3.8, 4) is 10.4 Å². The minimum Gasteiger partial charge on any atom is -0.381 e. The number of aromatic nitrogens is 1. The van der Waals surface area contributed by atoms with E-state index in [4.69, 9.17) is 9.72 Å². The maximum atomic E-state index is 14.5. The fourth-order valence-electron chi connectivity index (χ4n) is 8.54. The van der Waals surface area contributed by atoms with Gasteiger partial charge < -0.3 is 19.9 Å². The lowest BCUT2D eigenvalue weighted by molar-refractivity contribution is -0.000521. The zero-order chi connectivity index (χ0) is 37.0. The SMILES string of the molecule is Cc1cccc(F)c1CC(=O)c1cc2c(s1)-c1ccccc1N(C(=O)c1ccc(NC(=O)c3cc4c(nc3N3CC5(CCOCC5)C3)CCC4)cc1)CC2. The van der Waals surface area contributed by atoms with Crippen molar-refractivity contribution < 1.29 is 23.5 Å². The Balaban J connectivity index is 0.917. The van der Waals surface area contributed by atoms with Gasteiger partial charge in [-0.1, -0.05) is 30.3 Å². The van der Waals surface area contributed by atoms with Crippen LogP contribution in [0.1, 0.15) is 77.6 Å². The molecule has 2 amide bonds. The van der Waals surface area contributed by atoms with Crippen molar-refractivity contribution in [1.29, 1.82) is 0 Å². The summed E-state index contributed by atoms with van der Waals surface area (Å²) in [7, 11) is 0. The summed E-state index contributed by atoms with van der Waals surface area (Å²) in [4.78, 5) is 52.0. The van der Waals surface area contributed by atoms with Crippen LogP contribution in [0.5, 0.6) is 0 Å². The Labute approximate surface area is 318 Å². The molecule has 1 aliphatic carbocycles. The molecule has 10 heteroatoms. The van der Waals surface area contributed by atoms with E-state index in [2.05, 4.69) is 10.2 Å². The van der Waals surface area contributed by atoms with Crippen LogP contribution in [0.25, 0.3) is 10.4 Å². The second kappa shape index (κ2) is 13.9. The van der Waals surface area contributed by atoms with E-state index in [9.17, 15) is 18.8 Å². The number of hydrogen-bond donors (Lipinski definition) is 1. The molecular formula is C44H41FN4O4S. The predicted molar refractivity (Wildman–Crippen MR) is 210 cm³/mol. The molecule has 1 N–H and O–H groups in total. The molecule has 1 spiro atoms. The zero-order valence-electron chi connectivity index (χ0n) is 30.3. The second-order valence-corrected chi connectivity index (χ2v) is 16.2. The van der Waals surface area contributed by atoms with Gasteiger partial charge in [0.1, 0.15) is 11.6 Å². The highest BCUT2D eigenvalue weighted by Crippen LogP contribution is 2.44. The number of aryl methyl sites for hydroxylation is 3. The van der Waals surface area contributed by atoms with E-state index >= 15 is 0 Å². The molecule has 0 bridgehead atoms. The lowest BCUT2D eigenvalue weighted by Gasteiger charge is -2.53. The second-order valence-electron chi connectivity index (χ2n) is 15.1. The number of ketones is 1. The number of nitrogens with one attached hydrogen (secondary N) is 1. The number of pyridine rings is 1. The van der Waals surface area contributed by atoms with Gasteiger partial charge >= 0.3 is 0 Å². The molecule has 0 radical (unpaired) electrons. The molecule has 2 fully saturated rings.